The molecule has 0 N–H and O–H groups in total. The fourth-order valence-corrected chi connectivity index (χ4v) is 5.86. The lowest BCUT2D eigenvalue weighted by Crippen LogP contribution is -2.20. The molecule has 1 atom stereocenters. The molecule has 0 spiro atoms. The first kappa shape index (κ1) is 17.6. The van der Waals surface area contributed by atoms with Gasteiger partial charge in [0.15, 0.2) is 11.6 Å². The van der Waals surface area contributed by atoms with Crippen LogP contribution in [0.15, 0.2) is 60.7 Å². The van der Waals surface area contributed by atoms with Crippen molar-refractivity contribution in [3.63, 3.8) is 0 Å². The van der Waals surface area contributed by atoms with Crippen molar-refractivity contribution < 1.29 is 8.78 Å². The van der Waals surface area contributed by atoms with Crippen molar-refractivity contribution in [2.45, 2.75) is 26.7 Å². The number of hydrogen-bond acceptors (Lipinski definition) is 1. The van der Waals surface area contributed by atoms with Crippen molar-refractivity contribution in [3.8, 4) is 21.6 Å². The van der Waals surface area contributed by atoms with Crippen molar-refractivity contribution in [1.82, 2.24) is 0 Å². The summed E-state index contributed by atoms with van der Waals surface area (Å²) in [6, 6.07) is 19.4. The maximum atomic E-state index is 15.4. The molecule has 0 bridgehead atoms. The fraction of sp³-hybridized carbons (Fsp3) is 0.200. The summed E-state index contributed by atoms with van der Waals surface area (Å²) >= 11 is 1.66. The van der Waals surface area contributed by atoms with Gasteiger partial charge >= 0.3 is 0 Å². The van der Waals surface area contributed by atoms with Crippen molar-refractivity contribution >= 4 is 21.4 Å². The Kier molecular flexibility index (Phi) is 3.76. The minimum absolute atomic E-state index is 0.0350. The molecule has 28 heavy (non-hydrogen) atoms. The second-order valence-electron chi connectivity index (χ2n) is 8.51. The maximum Gasteiger partial charge on any atom is 0.167 e. The first-order chi connectivity index (χ1) is 13.4. The van der Waals surface area contributed by atoms with E-state index in [9.17, 15) is 4.39 Å². The topological polar surface area (TPSA) is 0 Å². The van der Waals surface area contributed by atoms with E-state index in [4.69, 9.17) is 0 Å². The summed E-state index contributed by atoms with van der Waals surface area (Å²) in [4.78, 5) is 1.02. The average molecular weight is 390 g/mol. The third-order valence-corrected chi connectivity index (χ3v) is 6.87. The third kappa shape index (κ3) is 2.39. The predicted octanol–water partition coefficient (Wildman–Crippen LogP) is 8.00. The van der Waals surface area contributed by atoms with Crippen LogP contribution in [-0.2, 0) is 0 Å². The van der Waals surface area contributed by atoms with E-state index in [1.54, 1.807) is 17.4 Å². The molecule has 1 aromatic heterocycles. The molecule has 0 saturated heterocycles. The van der Waals surface area contributed by atoms with Crippen LogP contribution in [0.3, 0.4) is 0 Å². The van der Waals surface area contributed by atoms with Crippen LogP contribution >= 0.6 is 11.3 Å². The summed E-state index contributed by atoms with van der Waals surface area (Å²) in [6.07, 6.45) is 0. The molecule has 1 unspecified atom stereocenters. The molecule has 0 amide bonds. The molecular weight excluding hydrogens is 370 g/mol. The lowest BCUT2D eigenvalue weighted by atomic mass is 9.71. The van der Waals surface area contributed by atoms with Gasteiger partial charge in [0, 0.05) is 32.0 Å². The lowest BCUT2D eigenvalue weighted by molar-refractivity contribution is 0.358. The van der Waals surface area contributed by atoms with Crippen LogP contribution in [0, 0.1) is 17.0 Å². The normalized spacial score (nSPS) is 15.7. The molecule has 5 rings (SSSR count). The Balaban J connectivity index is 2.04. The first-order valence-corrected chi connectivity index (χ1v) is 10.3. The molecule has 0 radical (unpaired) electrons. The Hall–Kier alpha value is -2.52. The number of hydrogen-bond donors (Lipinski definition) is 0. The zero-order chi connectivity index (χ0) is 19.6. The summed E-state index contributed by atoms with van der Waals surface area (Å²) < 4.78 is 30.9. The fourth-order valence-electron chi connectivity index (χ4n) is 4.60. The number of benzene rings is 3. The highest BCUT2D eigenvalue weighted by Gasteiger charge is 2.37. The van der Waals surface area contributed by atoms with Gasteiger partial charge in [-0.25, -0.2) is 8.78 Å². The Morgan fingerprint density at radius 1 is 0.786 bits per heavy atom. The number of halogens is 2. The molecular formula is C25H20F2S. The van der Waals surface area contributed by atoms with Gasteiger partial charge in [-0.1, -0.05) is 69.3 Å². The Labute approximate surface area is 167 Å². The maximum absolute atomic E-state index is 15.4. The summed E-state index contributed by atoms with van der Waals surface area (Å²) in [6.45, 7) is 6.49. The second kappa shape index (κ2) is 5.99. The van der Waals surface area contributed by atoms with Crippen molar-refractivity contribution in [2.75, 3.05) is 0 Å². The van der Waals surface area contributed by atoms with Crippen LogP contribution in [0.2, 0.25) is 0 Å². The van der Waals surface area contributed by atoms with Crippen LogP contribution in [0.25, 0.3) is 31.7 Å². The van der Waals surface area contributed by atoms with E-state index < -0.39 is 11.6 Å². The van der Waals surface area contributed by atoms with Gasteiger partial charge in [-0.05, 0) is 34.2 Å². The summed E-state index contributed by atoms with van der Waals surface area (Å²) in [7, 11) is 0. The molecule has 0 fully saturated rings. The van der Waals surface area contributed by atoms with Gasteiger partial charge in [-0.15, -0.1) is 11.3 Å². The molecule has 1 heterocycles. The van der Waals surface area contributed by atoms with Crippen LogP contribution in [0.5, 0.6) is 0 Å². The largest absolute Gasteiger partial charge is 0.204 e. The monoisotopic (exact) mass is 390 g/mol. The minimum atomic E-state index is -0.793. The van der Waals surface area contributed by atoms with Crippen molar-refractivity contribution in [1.29, 1.82) is 0 Å². The van der Waals surface area contributed by atoms with Crippen LogP contribution in [0.4, 0.5) is 8.78 Å². The number of thiophene rings is 1. The van der Waals surface area contributed by atoms with Gasteiger partial charge in [0.2, 0.25) is 0 Å². The molecule has 0 nitrogen and oxygen atoms in total. The molecule has 1 aliphatic carbocycles. The average Bonchev–Trinajstić information content (AvgIpc) is 2.97. The molecule has 0 aliphatic heterocycles. The van der Waals surface area contributed by atoms with Crippen LogP contribution in [-0.4, -0.2) is 0 Å². The second-order valence-corrected chi connectivity index (χ2v) is 9.57. The highest BCUT2D eigenvalue weighted by Crippen LogP contribution is 2.56. The molecule has 1 aliphatic rings. The van der Waals surface area contributed by atoms with Crippen LogP contribution in [0.1, 0.15) is 37.8 Å². The van der Waals surface area contributed by atoms with Gasteiger partial charge in [0.1, 0.15) is 0 Å². The Bertz CT molecular complexity index is 1230. The smallest absolute Gasteiger partial charge is 0.167 e. The zero-order valence-electron chi connectivity index (χ0n) is 16.0. The SMILES string of the molecule is CC(C)(C)C1c2ccccc2-c2sc3ccccc3c2-c2c1ccc(F)c2F. The van der Waals surface area contributed by atoms with E-state index in [2.05, 4.69) is 39.0 Å². The molecule has 0 saturated carbocycles. The quantitative estimate of drug-likeness (QED) is 0.285. The summed E-state index contributed by atoms with van der Waals surface area (Å²) in [5.74, 6) is -1.57. The van der Waals surface area contributed by atoms with Gasteiger partial charge in [0.05, 0.1) is 0 Å². The van der Waals surface area contributed by atoms with E-state index >= 15 is 4.39 Å². The van der Waals surface area contributed by atoms with E-state index in [1.807, 2.05) is 30.3 Å². The number of rotatable bonds is 0. The van der Waals surface area contributed by atoms with E-state index in [1.165, 1.54) is 11.6 Å². The standard InChI is InChI=1S/C25H20F2S/c1-25(2,3)22-14-8-4-5-9-15(14)24-21(16-10-6-7-11-19(16)28-24)20-17(22)12-13-18(26)23(20)27/h4-13,22H,1-3H3. The van der Waals surface area contributed by atoms with E-state index in [0.717, 1.165) is 31.7 Å². The van der Waals surface area contributed by atoms with Gasteiger partial charge in [-0.2, -0.15) is 0 Å². The molecule has 3 heteroatoms. The summed E-state index contributed by atoms with van der Waals surface area (Å²) in [5.41, 5.74) is 4.25. The first-order valence-electron chi connectivity index (χ1n) is 9.47. The minimum Gasteiger partial charge on any atom is -0.204 e. The third-order valence-electron chi connectivity index (χ3n) is 5.67. The van der Waals surface area contributed by atoms with Crippen molar-refractivity contribution in [2.24, 2.45) is 5.41 Å². The van der Waals surface area contributed by atoms with E-state index in [0.29, 0.717) is 5.56 Å². The zero-order valence-corrected chi connectivity index (χ0v) is 16.8. The van der Waals surface area contributed by atoms with Crippen LogP contribution < -0.4 is 0 Å². The van der Waals surface area contributed by atoms with Gasteiger partial charge < -0.3 is 0 Å². The van der Waals surface area contributed by atoms with E-state index in [-0.39, 0.29) is 11.3 Å². The van der Waals surface area contributed by atoms with Crippen molar-refractivity contribution in [3.05, 3.63) is 83.4 Å². The lowest BCUT2D eigenvalue weighted by Gasteiger charge is -2.33. The predicted molar refractivity (Wildman–Crippen MR) is 114 cm³/mol. The Morgan fingerprint density at radius 2 is 1.50 bits per heavy atom. The van der Waals surface area contributed by atoms with Gasteiger partial charge in [0.25, 0.3) is 0 Å². The highest BCUT2D eigenvalue weighted by atomic mass is 32.1. The van der Waals surface area contributed by atoms with Gasteiger partial charge in [-0.3, -0.25) is 0 Å². The number of fused-ring (bicyclic) bond motifs is 7. The Morgan fingerprint density at radius 3 is 2.29 bits per heavy atom. The molecule has 4 aromatic rings. The summed E-state index contributed by atoms with van der Waals surface area (Å²) in [5, 5.41) is 0.984. The highest BCUT2D eigenvalue weighted by molar-refractivity contribution is 7.23. The molecule has 3 aromatic carbocycles. The molecule has 140 valence electrons.